The van der Waals surface area contributed by atoms with Crippen LogP contribution in [0.5, 0.6) is 0 Å². The number of fused-ring (bicyclic) bond motifs is 1. The Morgan fingerprint density at radius 3 is 3.20 bits per heavy atom. The molecule has 0 aliphatic carbocycles. The molecule has 74 valence electrons. The van der Waals surface area contributed by atoms with Crippen LogP contribution < -0.4 is 5.32 Å². The molecule has 3 rings (SSSR count). The zero-order valence-corrected chi connectivity index (χ0v) is 7.62. The Balaban J connectivity index is 2.07. The van der Waals surface area contributed by atoms with Gasteiger partial charge in [-0.2, -0.15) is 10.2 Å². The summed E-state index contributed by atoms with van der Waals surface area (Å²) in [6, 6.07) is 1.80. The van der Waals surface area contributed by atoms with Crippen molar-refractivity contribution in [3.05, 3.63) is 31.0 Å². The Kier molecular flexibility index (Phi) is 1.61. The highest BCUT2D eigenvalue weighted by Gasteiger charge is 2.03. The first-order valence-corrected chi connectivity index (χ1v) is 4.33. The van der Waals surface area contributed by atoms with Crippen LogP contribution in [0.1, 0.15) is 0 Å². The van der Waals surface area contributed by atoms with Crippen molar-refractivity contribution in [3.63, 3.8) is 0 Å². The van der Waals surface area contributed by atoms with E-state index in [4.69, 9.17) is 0 Å². The first kappa shape index (κ1) is 7.92. The minimum atomic E-state index is 0.592. The summed E-state index contributed by atoms with van der Waals surface area (Å²) in [5.74, 6) is 1.35. The maximum atomic E-state index is 4.01. The topological polar surface area (TPSA) is 83.8 Å². The summed E-state index contributed by atoms with van der Waals surface area (Å²) in [4.78, 5) is 4.01. The van der Waals surface area contributed by atoms with Crippen LogP contribution in [-0.2, 0) is 0 Å². The summed E-state index contributed by atoms with van der Waals surface area (Å²) < 4.78 is 1.80. The van der Waals surface area contributed by atoms with Gasteiger partial charge in [-0.05, 0) is 0 Å². The standard InChI is InChI=1S/C8H7N7/c1-2-10-13-7(1)12-8-14-11-4-6-3-9-5-15(6)8/h1-5H,(H2,10,12,13,14). The highest BCUT2D eigenvalue weighted by molar-refractivity contribution is 5.53. The normalized spacial score (nSPS) is 10.7. The molecule has 0 radical (unpaired) electrons. The lowest BCUT2D eigenvalue weighted by atomic mass is 10.6. The number of aromatic amines is 1. The second kappa shape index (κ2) is 3.05. The molecule has 3 aromatic rings. The lowest BCUT2D eigenvalue weighted by molar-refractivity contribution is 0.951. The summed E-state index contributed by atoms with van der Waals surface area (Å²) in [7, 11) is 0. The number of aromatic nitrogens is 6. The van der Waals surface area contributed by atoms with E-state index in [-0.39, 0.29) is 0 Å². The fourth-order valence-corrected chi connectivity index (χ4v) is 1.30. The van der Waals surface area contributed by atoms with Crippen LogP contribution in [0.2, 0.25) is 0 Å². The van der Waals surface area contributed by atoms with E-state index in [0.717, 1.165) is 11.3 Å². The van der Waals surface area contributed by atoms with Crippen molar-refractivity contribution in [2.24, 2.45) is 0 Å². The molecule has 0 spiro atoms. The predicted molar refractivity (Wildman–Crippen MR) is 52.7 cm³/mol. The van der Waals surface area contributed by atoms with E-state index in [1.807, 2.05) is 0 Å². The van der Waals surface area contributed by atoms with Gasteiger partial charge in [0, 0.05) is 6.07 Å². The third-order valence-electron chi connectivity index (χ3n) is 1.98. The van der Waals surface area contributed by atoms with Crippen LogP contribution in [0.3, 0.4) is 0 Å². The molecule has 0 saturated carbocycles. The zero-order valence-electron chi connectivity index (χ0n) is 7.62. The number of anilines is 2. The third-order valence-corrected chi connectivity index (χ3v) is 1.98. The average Bonchev–Trinajstić information content (AvgIpc) is 2.87. The average molecular weight is 201 g/mol. The number of nitrogens with zero attached hydrogens (tertiary/aromatic N) is 5. The van der Waals surface area contributed by atoms with Gasteiger partial charge in [-0.1, -0.05) is 0 Å². The predicted octanol–water partition coefficient (Wildman–Crippen LogP) is 0.591. The van der Waals surface area contributed by atoms with Crippen molar-refractivity contribution in [2.75, 3.05) is 5.32 Å². The zero-order chi connectivity index (χ0) is 10.1. The Morgan fingerprint density at radius 1 is 1.33 bits per heavy atom. The van der Waals surface area contributed by atoms with Gasteiger partial charge in [-0.25, -0.2) is 4.98 Å². The minimum Gasteiger partial charge on any atom is -0.309 e. The Labute approximate surface area is 84.2 Å². The van der Waals surface area contributed by atoms with Crippen LogP contribution in [0, 0.1) is 0 Å². The fourth-order valence-electron chi connectivity index (χ4n) is 1.30. The quantitative estimate of drug-likeness (QED) is 0.634. The minimum absolute atomic E-state index is 0.592. The van der Waals surface area contributed by atoms with Crippen LogP contribution in [-0.4, -0.2) is 29.8 Å². The lowest BCUT2D eigenvalue weighted by Gasteiger charge is -2.03. The number of H-pyrrole nitrogens is 1. The molecule has 0 atom stereocenters. The summed E-state index contributed by atoms with van der Waals surface area (Å²) in [5.41, 5.74) is 0.881. The Bertz CT molecular complexity index is 567. The molecule has 7 heteroatoms. The molecule has 0 saturated heterocycles. The van der Waals surface area contributed by atoms with Gasteiger partial charge in [0.25, 0.3) is 0 Å². The highest BCUT2D eigenvalue weighted by atomic mass is 15.3. The molecule has 0 aromatic carbocycles. The molecule has 7 nitrogen and oxygen atoms in total. The maximum Gasteiger partial charge on any atom is 0.234 e. The van der Waals surface area contributed by atoms with Gasteiger partial charge < -0.3 is 5.32 Å². The van der Waals surface area contributed by atoms with E-state index >= 15 is 0 Å². The molecule has 2 N–H and O–H groups in total. The van der Waals surface area contributed by atoms with Gasteiger partial charge in [-0.15, -0.1) is 5.10 Å². The van der Waals surface area contributed by atoms with Crippen molar-refractivity contribution < 1.29 is 0 Å². The van der Waals surface area contributed by atoms with Gasteiger partial charge in [0.2, 0.25) is 5.95 Å². The first-order valence-electron chi connectivity index (χ1n) is 4.33. The summed E-state index contributed by atoms with van der Waals surface area (Å²) >= 11 is 0. The smallest absolute Gasteiger partial charge is 0.234 e. The second-order valence-corrected chi connectivity index (χ2v) is 2.95. The molecule has 0 bridgehead atoms. The third kappa shape index (κ3) is 1.30. The van der Waals surface area contributed by atoms with E-state index in [1.165, 1.54) is 0 Å². The molecule has 3 heterocycles. The number of hydrogen-bond donors (Lipinski definition) is 2. The van der Waals surface area contributed by atoms with Crippen molar-refractivity contribution in [2.45, 2.75) is 0 Å². The molecule has 0 amide bonds. The Morgan fingerprint density at radius 2 is 2.33 bits per heavy atom. The van der Waals surface area contributed by atoms with Crippen LogP contribution in [0.25, 0.3) is 5.52 Å². The SMILES string of the molecule is c1cc(Nc2nncc3cncn23)[nH]n1. The molecule has 15 heavy (non-hydrogen) atoms. The molecule has 0 aliphatic rings. The Hall–Kier alpha value is -2.44. The number of hydrogen-bond acceptors (Lipinski definition) is 5. The first-order chi connectivity index (χ1) is 7.43. The number of nitrogens with one attached hydrogen (secondary N) is 2. The fraction of sp³-hybridized carbons (Fsp3) is 0. The van der Waals surface area contributed by atoms with Gasteiger partial charge >= 0.3 is 0 Å². The number of imidazole rings is 1. The summed E-state index contributed by atoms with van der Waals surface area (Å²) in [6.45, 7) is 0. The van der Waals surface area contributed by atoms with Gasteiger partial charge in [0.1, 0.15) is 12.1 Å². The number of rotatable bonds is 2. The van der Waals surface area contributed by atoms with Crippen LogP contribution in [0.15, 0.2) is 31.0 Å². The van der Waals surface area contributed by atoms with Crippen molar-refractivity contribution in [3.8, 4) is 0 Å². The monoisotopic (exact) mass is 201 g/mol. The molecule has 3 aromatic heterocycles. The summed E-state index contributed by atoms with van der Waals surface area (Å²) in [5, 5.41) is 17.5. The van der Waals surface area contributed by atoms with Gasteiger partial charge in [0.15, 0.2) is 0 Å². The summed E-state index contributed by atoms with van der Waals surface area (Å²) in [6.07, 6.45) is 6.68. The molecular formula is C8H7N7. The van der Waals surface area contributed by atoms with Crippen LogP contribution >= 0.6 is 0 Å². The van der Waals surface area contributed by atoms with E-state index in [2.05, 4.69) is 30.7 Å². The van der Waals surface area contributed by atoms with E-state index in [0.29, 0.717) is 5.95 Å². The van der Waals surface area contributed by atoms with Crippen LogP contribution in [0.4, 0.5) is 11.8 Å². The van der Waals surface area contributed by atoms with Crippen molar-refractivity contribution >= 4 is 17.3 Å². The molecular weight excluding hydrogens is 194 g/mol. The van der Waals surface area contributed by atoms with E-state index in [9.17, 15) is 0 Å². The lowest BCUT2D eigenvalue weighted by Crippen LogP contribution is -2.02. The molecule has 0 aliphatic heterocycles. The molecule has 0 unspecified atom stereocenters. The highest BCUT2D eigenvalue weighted by Crippen LogP contribution is 2.11. The molecule has 0 fully saturated rings. The maximum absolute atomic E-state index is 4.01. The van der Waals surface area contributed by atoms with Gasteiger partial charge in [0.05, 0.1) is 24.1 Å². The van der Waals surface area contributed by atoms with E-state index < -0.39 is 0 Å². The van der Waals surface area contributed by atoms with Gasteiger partial charge in [-0.3, -0.25) is 9.50 Å². The second-order valence-electron chi connectivity index (χ2n) is 2.95. The largest absolute Gasteiger partial charge is 0.309 e. The van der Waals surface area contributed by atoms with Crippen molar-refractivity contribution in [1.82, 2.24) is 29.8 Å². The van der Waals surface area contributed by atoms with Crippen molar-refractivity contribution in [1.29, 1.82) is 0 Å². The van der Waals surface area contributed by atoms with E-state index in [1.54, 1.807) is 35.4 Å².